The fraction of sp³-hybridized carbons (Fsp3) is 0.923. The normalized spacial score (nSPS) is 38.4. The average molecular weight is 268 g/mol. The van der Waals surface area contributed by atoms with Crippen molar-refractivity contribution in [3.8, 4) is 0 Å². The van der Waals surface area contributed by atoms with Crippen LogP contribution in [0.15, 0.2) is 0 Å². The summed E-state index contributed by atoms with van der Waals surface area (Å²) in [6, 6.07) is 0. The highest BCUT2D eigenvalue weighted by atomic mass is 16.4. The van der Waals surface area contributed by atoms with E-state index < -0.39 is 11.5 Å². The zero-order valence-corrected chi connectivity index (χ0v) is 11.9. The Labute approximate surface area is 115 Å². The van der Waals surface area contributed by atoms with Crippen molar-refractivity contribution in [2.24, 2.45) is 23.5 Å². The van der Waals surface area contributed by atoms with E-state index in [-0.39, 0.29) is 12.8 Å². The molecule has 6 heteroatoms. The molecule has 0 bridgehead atoms. The number of fused-ring (bicyclic) bond motifs is 1. The summed E-state index contributed by atoms with van der Waals surface area (Å²) in [5, 5.41) is 18.8. The number of carbonyl (C=O) groups is 1. The molecule has 0 aromatic heterocycles. The van der Waals surface area contributed by atoms with E-state index in [2.05, 4.69) is 11.9 Å². The van der Waals surface area contributed by atoms with Crippen LogP contribution in [-0.4, -0.2) is 53.6 Å². The van der Waals surface area contributed by atoms with Gasteiger partial charge in [0.1, 0.15) is 5.54 Å². The van der Waals surface area contributed by atoms with Crippen LogP contribution in [-0.2, 0) is 4.79 Å². The van der Waals surface area contributed by atoms with Crippen molar-refractivity contribution in [3.05, 3.63) is 0 Å². The third-order valence-electron chi connectivity index (χ3n) is 4.99. The molecule has 4 N–H and O–H groups in total. The molecule has 1 saturated heterocycles. The van der Waals surface area contributed by atoms with Gasteiger partial charge < -0.3 is 20.8 Å². The van der Waals surface area contributed by atoms with Gasteiger partial charge in [-0.3, -0.25) is 4.79 Å². The first-order valence-electron chi connectivity index (χ1n) is 7.23. The van der Waals surface area contributed by atoms with E-state index >= 15 is 0 Å². The van der Waals surface area contributed by atoms with E-state index in [0.29, 0.717) is 18.3 Å². The molecule has 1 heterocycles. The number of hydrogen-bond acceptors (Lipinski definition) is 4. The minimum absolute atomic E-state index is 0.0405. The molecule has 4 atom stereocenters. The molecule has 1 aliphatic heterocycles. The second kappa shape index (κ2) is 5.42. The lowest BCUT2D eigenvalue weighted by atomic mass is 9.65. The number of carboxylic acids is 1. The Kier molecular flexibility index (Phi) is 4.23. The van der Waals surface area contributed by atoms with Crippen LogP contribution in [0, 0.1) is 17.8 Å². The summed E-state index contributed by atoms with van der Waals surface area (Å²) in [6.45, 7) is 3.37. The van der Waals surface area contributed by atoms with E-state index in [1.54, 1.807) is 6.82 Å². The first kappa shape index (κ1) is 14.8. The average Bonchev–Trinajstić information content (AvgIpc) is 2.74. The third kappa shape index (κ3) is 2.80. The maximum atomic E-state index is 11.6. The Bertz CT molecular complexity index is 353. The molecule has 1 saturated carbocycles. The molecule has 2 fully saturated rings. The molecule has 5 nitrogen and oxygen atoms in total. The summed E-state index contributed by atoms with van der Waals surface area (Å²) in [6.07, 6.45) is 2.97. The van der Waals surface area contributed by atoms with Gasteiger partial charge in [0, 0.05) is 13.1 Å². The number of rotatable bonds is 5. The van der Waals surface area contributed by atoms with Gasteiger partial charge in [-0.2, -0.15) is 0 Å². The highest BCUT2D eigenvalue weighted by molar-refractivity contribution is 6.48. The lowest BCUT2D eigenvalue weighted by Gasteiger charge is -2.31. The van der Waals surface area contributed by atoms with Crippen molar-refractivity contribution in [3.63, 3.8) is 0 Å². The summed E-state index contributed by atoms with van der Waals surface area (Å²) < 4.78 is 0. The van der Waals surface area contributed by atoms with Gasteiger partial charge in [0.25, 0.3) is 6.92 Å². The molecular formula is C13H25BN2O3. The summed E-state index contributed by atoms with van der Waals surface area (Å²) in [5.74, 6) is 0.00745. The predicted octanol–water partition coefficient (Wildman–Crippen LogP) is 0.360. The molecule has 19 heavy (non-hydrogen) atoms. The topological polar surface area (TPSA) is 86.8 Å². The van der Waals surface area contributed by atoms with Crippen molar-refractivity contribution in [2.75, 3.05) is 20.1 Å². The number of nitrogens with two attached hydrogens (primary N) is 1. The molecule has 0 aromatic rings. The van der Waals surface area contributed by atoms with Crippen LogP contribution in [0.2, 0.25) is 13.1 Å². The zero-order valence-electron chi connectivity index (χ0n) is 11.9. The van der Waals surface area contributed by atoms with Crippen LogP contribution in [0.4, 0.5) is 0 Å². The Hall–Kier alpha value is -0.585. The highest BCUT2D eigenvalue weighted by Gasteiger charge is 2.57. The van der Waals surface area contributed by atoms with E-state index in [0.717, 1.165) is 32.3 Å². The van der Waals surface area contributed by atoms with E-state index in [1.807, 2.05) is 0 Å². The van der Waals surface area contributed by atoms with Gasteiger partial charge in [0.15, 0.2) is 0 Å². The summed E-state index contributed by atoms with van der Waals surface area (Å²) in [5.41, 5.74) is 5.16. The lowest BCUT2D eigenvalue weighted by molar-refractivity contribution is -0.145. The van der Waals surface area contributed by atoms with Gasteiger partial charge in [0.2, 0.25) is 0 Å². The minimum atomic E-state index is -1.06. The van der Waals surface area contributed by atoms with E-state index in [1.165, 1.54) is 0 Å². The van der Waals surface area contributed by atoms with Crippen LogP contribution in [0.3, 0.4) is 0 Å². The number of nitrogens with zero attached hydrogens (tertiary/aromatic N) is 1. The first-order chi connectivity index (χ1) is 8.84. The fourth-order valence-corrected chi connectivity index (χ4v) is 4.11. The molecule has 2 rings (SSSR count). The van der Waals surface area contributed by atoms with Crippen molar-refractivity contribution in [1.82, 2.24) is 4.90 Å². The van der Waals surface area contributed by atoms with Crippen LogP contribution < -0.4 is 5.73 Å². The summed E-state index contributed by atoms with van der Waals surface area (Å²) >= 11 is 0. The van der Waals surface area contributed by atoms with Crippen molar-refractivity contribution < 1.29 is 14.9 Å². The van der Waals surface area contributed by atoms with Crippen molar-refractivity contribution >= 4 is 12.9 Å². The third-order valence-corrected chi connectivity index (χ3v) is 4.99. The Balaban J connectivity index is 2.07. The Morgan fingerprint density at radius 3 is 2.79 bits per heavy atom. The van der Waals surface area contributed by atoms with Crippen molar-refractivity contribution in [1.29, 1.82) is 0 Å². The first-order valence-corrected chi connectivity index (χ1v) is 7.23. The smallest absolute Gasteiger partial charge is 0.323 e. The monoisotopic (exact) mass is 268 g/mol. The number of hydrogen-bond donors (Lipinski definition) is 3. The van der Waals surface area contributed by atoms with Crippen LogP contribution in [0.1, 0.15) is 19.3 Å². The van der Waals surface area contributed by atoms with E-state index in [4.69, 9.17) is 5.73 Å². The van der Waals surface area contributed by atoms with Crippen LogP contribution >= 0.6 is 0 Å². The van der Waals surface area contributed by atoms with Gasteiger partial charge in [-0.05, 0) is 44.0 Å². The molecule has 0 amide bonds. The highest BCUT2D eigenvalue weighted by Crippen LogP contribution is 2.49. The lowest BCUT2D eigenvalue weighted by Crippen LogP contribution is -2.53. The molecule has 2 aliphatic rings. The quantitative estimate of drug-likeness (QED) is 0.627. The van der Waals surface area contributed by atoms with Crippen molar-refractivity contribution in [2.45, 2.75) is 37.9 Å². The molecule has 108 valence electrons. The van der Waals surface area contributed by atoms with Gasteiger partial charge in [-0.25, -0.2) is 0 Å². The maximum absolute atomic E-state index is 11.6. The molecule has 0 aromatic carbocycles. The van der Waals surface area contributed by atoms with E-state index in [9.17, 15) is 14.9 Å². The van der Waals surface area contributed by atoms with Gasteiger partial charge >= 0.3 is 5.97 Å². The largest absolute Gasteiger partial charge is 0.480 e. The predicted molar refractivity (Wildman–Crippen MR) is 75.0 cm³/mol. The number of likely N-dealkylation sites (tertiary alicyclic amines) is 1. The van der Waals surface area contributed by atoms with Gasteiger partial charge in [0.05, 0.1) is 0 Å². The minimum Gasteiger partial charge on any atom is -0.480 e. The molecule has 0 radical (unpaired) electrons. The van der Waals surface area contributed by atoms with Gasteiger partial charge in [-0.15, -0.1) is 0 Å². The second-order valence-corrected chi connectivity index (χ2v) is 6.58. The Morgan fingerprint density at radius 2 is 2.21 bits per heavy atom. The molecule has 0 spiro atoms. The van der Waals surface area contributed by atoms with Crippen LogP contribution in [0.25, 0.3) is 0 Å². The molecular weight excluding hydrogens is 243 g/mol. The maximum Gasteiger partial charge on any atom is 0.323 e. The second-order valence-electron chi connectivity index (χ2n) is 6.58. The molecule has 4 unspecified atom stereocenters. The SMILES string of the molecule is CB(O)CCCC1C2CN(C)CC2CC1(N)C(=O)O. The standard InChI is InChI=1S/C13H25BN2O3/c1-14(19)5-3-4-11-10-8-16(2)7-9(10)6-13(11,15)12(17)18/h9-11,19H,3-8,15H2,1-2H3,(H,17,18). The van der Waals surface area contributed by atoms with Gasteiger partial charge in [-0.1, -0.05) is 13.2 Å². The van der Waals surface area contributed by atoms with Crippen LogP contribution in [0.5, 0.6) is 0 Å². The Morgan fingerprint density at radius 1 is 1.53 bits per heavy atom. The fourth-order valence-electron chi connectivity index (χ4n) is 4.11. The molecule has 1 aliphatic carbocycles. The zero-order chi connectivity index (χ0) is 14.2. The summed E-state index contributed by atoms with van der Waals surface area (Å²) in [7, 11) is 2.09. The summed E-state index contributed by atoms with van der Waals surface area (Å²) in [4.78, 5) is 13.8. The number of carboxylic acid groups (broad SMARTS) is 1. The number of aliphatic carboxylic acids is 1.